The monoisotopic (exact) mass is 225 g/mol. The molecule has 0 spiro atoms. The fraction of sp³-hybridized carbons (Fsp3) is 0.857. The highest BCUT2D eigenvalue weighted by Gasteiger charge is 2.20. The Labute approximate surface area is 100 Å². The number of rotatable bonds is 7. The molecule has 0 aromatic carbocycles. The molecule has 0 atom stereocenters. The third kappa shape index (κ3) is 5.66. The Morgan fingerprint density at radius 3 is 2.56 bits per heavy atom. The average molecular weight is 225 g/mol. The van der Waals surface area contributed by atoms with Crippen molar-refractivity contribution in [3.63, 3.8) is 0 Å². The van der Waals surface area contributed by atoms with Gasteiger partial charge in [0.2, 0.25) is 0 Å². The lowest BCUT2D eigenvalue weighted by Crippen LogP contribution is -2.35. The molecule has 2 nitrogen and oxygen atoms in total. The minimum Gasteiger partial charge on any atom is -0.378 e. The summed E-state index contributed by atoms with van der Waals surface area (Å²) in [4.78, 5) is 0. The summed E-state index contributed by atoms with van der Waals surface area (Å²) in [6.07, 6.45) is 7.73. The van der Waals surface area contributed by atoms with E-state index in [4.69, 9.17) is 4.74 Å². The molecule has 1 N–H and O–H groups in total. The third-order valence-corrected chi connectivity index (χ3v) is 3.24. The van der Waals surface area contributed by atoms with Crippen molar-refractivity contribution in [1.82, 2.24) is 5.32 Å². The fourth-order valence-corrected chi connectivity index (χ4v) is 2.18. The van der Waals surface area contributed by atoms with Gasteiger partial charge in [0.05, 0.1) is 12.7 Å². The molecule has 0 saturated heterocycles. The van der Waals surface area contributed by atoms with Crippen LogP contribution in [0.3, 0.4) is 0 Å². The zero-order chi connectivity index (χ0) is 11.8. The van der Waals surface area contributed by atoms with E-state index in [1.54, 1.807) is 0 Å². The van der Waals surface area contributed by atoms with Crippen LogP contribution in [0.5, 0.6) is 0 Å². The molecule has 0 aromatic rings. The third-order valence-electron chi connectivity index (χ3n) is 3.24. The standard InChI is InChI=1S/C14H27NO/c1-4-10-15-13-5-7-14(8-6-13)16-11-9-12(2)3/h13-15H,2,4-11H2,1,3H3. The molecule has 0 heterocycles. The maximum absolute atomic E-state index is 5.86. The van der Waals surface area contributed by atoms with Crippen molar-refractivity contribution in [3.05, 3.63) is 12.2 Å². The molecule has 1 saturated carbocycles. The van der Waals surface area contributed by atoms with Crippen molar-refractivity contribution in [3.8, 4) is 0 Å². The largest absolute Gasteiger partial charge is 0.378 e. The molecular formula is C14H27NO. The van der Waals surface area contributed by atoms with Crippen LogP contribution in [-0.4, -0.2) is 25.3 Å². The lowest BCUT2D eigenvalue weighted by molar-refractivity contribution is 0.0244. The number of nitrogens with one attached hydrogen (secondary N) is 1. The predicted octanol–water partition coefficient (Wildman–Crippen LogP) is 3.28. The predicted molar refractivity (Wildman–Crippen MR) is 69.7 cm³/mol. The molecule has 16 heavy (non-hydrogen) atoms. The zero-order valence-electron chi connectivity index (χ0n) is 10.9. The summed E-state index contributed by atoms with van der Waals surface area (Å²) < 4.78 is 5.86. The van der Waals surface area contributed by atoms with Crippen LogP contribution in [0.2, 0.25) is 0 Å². The van der Waals surface area contributed by atoms with Gasteiger partial charge in [0, 0.05) is 6.04 Å². The van der Waals surface area contributed by atoms with E-state index < -0.39 is 0 Å². The first-order chi connectivity index (χ1) is 7.72. The van der Waals surface area contributed by atoms with Gasteiger partial charge >= 0.3 is 0 Å². The Morgan fingerprint density at radius 1 is 1.31 bits per heavy atom. The second-order valence-electron chi connectivity index (χ2n) is 5.01. The van der Waals surface area contributed by atoms with Crippen LogP contribution in [0, 0.1) is 0 Å². The SMILES string of the molecule is C=C(C)CCOC1CCC(NCCC)CC1. The smallest absolute Gasteiger partial charge is 0.0576 e. The Kier molecular flexibility index (Phi) is 6.74. The lowest BCUT2D eigenvalue weighted by Gasteiger charge is -2.29. The molecule has 0 aromatic heterocycles. The molecule has 1 fully saturated rings. The van der Waals surface area contributed by atoms with Crippen molar-refractivity contribution in [1.29, 1.82) is 0 Å². The van der Waals surface area contributed by atoms with Gasteiger partial charge in [-0.05, 0) is 52.0 Å². The fourth-order valence-electron chi connectivity index (χ4n) is 2.18. The molecule has 2 heteroatoms. The van der Waals surface area contributed by atoms with Crippen molar-refractivity contribution < 1.29 is 4.74 Å². The highest BCUT2D eigenvalue weighted by molar-refractivity contribution is 4.87. The molecule has 0 amide bonds. The van der Waals surface area contributed by atoms with E-state index in [0.717, 1.165) is 25.6 Å². The second-order valence-corrected chi connectivity index (χ2v) is 5.01. The van der Waals surface area contributed by atoms with Crippen LogP contribution in [0.25, 0.3) is 0 Å². The van der Waals surface area contributed by atoms with Crippen LogP contribution in [0.15, 0.2) is 12.2 Å². The van der Waals surface area contributed by atoms with Gasteiger partial charge in [-0.25, -0.2) is 0 Å². The van der Waals surface area contributed by atoms with Crippen molar-refractivity contribution >= 4 is 0 Å². The van der Waals surface area contributed by atoms with Gasteiger partial charge < -0.3 is 10.1 Å². The number of ether oxygens (including phenoxy) is 1. The first-order valence-corrected chi connectivity index (χ1v) is 6.71. The highest BCUT2D eigenvalue weighted by Crippen LogP contribution is 2.21. The van der Waals surface area contributed by atoms with Crippen molar-refractivity contribution in [2.45, 2.75) is 64.5 Å². The van der Waals surface area contributed by atoms with Gasteiger partial charge in [-0.1, -0.05) is 12.5 Å². The summed E-state index contributed by atoms with van der Waals surface area (Å²) in [5.74, 6) is 0. The maximum Gasteiger partial charge on any atom is 0.0576 e. The Hall–Kier alpha value is -0.340. The van der Waals surface area contributed by atoms with E-state index in [2.05, 4.69) is 25.7 Å². The molecule has 0 radical (unpaired) electrons. The van der Waals surface area contributed by atoms with Crippen LogP contribution in [-0.2, 0) is 4.74 Å². The van der Waals surface area contributed by atoms with Gasteiger partial charge in [-0.3, -0.25) is 0 Å². The first kappa shape index (κ1) is 13.7. The number of hydrogen-bond donors (Lipinski definition) is 1. The van der Waals surface area contributed by atoms with Gasteiger partial charge in [0.1, 0.15) is 0 Å². The van der Waals surface area contributed by atoms with Gasteiger partial charge in [-0.15, -0.1) is 6.58 Å². The summed E-state index contributed by atoms with van der Waals surface area (Å²) in [5.41, 5.74) is 1.22. The quantitative estimate of drug-likeness (QED) is 0.671. The van der Waals surface area contributed by atoms with Gasteiger partial charge in [-0.2, -0.15) is 0 Å². The summed E-state index contributed by atoms with van der Waals surface area (Å²) in [6.45, 7) is 10.2. The van der Waals surface area contributed by atoms with Gasteiger partial charge in [0.25, 0.3) is 0 Å². The van der Waals surface area contributed by atoms with E-state index in [-0.39, 0.29) is 0 Å². The second kappa shape index (κ2) is 7.86. The average Bonchev–Trinajstić information content (AvgIpc) is 2.27. The zero-order valence-corrected chi connectivity index (χ0v) is 10.9. The maximum atomic E-state index is 5.86. The summed E-state index contributed by atoms with van der Waals surface area (Å²) in [7, 11) is 0. The molecular weight excluding hydrogens is 198 g/mol. The van der Waals surface area contributed by atoms with E-state index in [1.165, 1.54) is 37.7 Å². The summed E-state index contributed by atoms with van der Waals surface area (Å²) in [6, 6.07) is 0.737. The van der Waals surface area contributed by atoms with E-state index in [9.17, 15) is 0 Å². The topological polar surface area (TPSA) is 21.3 Å². The Bertz CT molecular complexity index is 195. The molecule has 1 aliphatic carbocycles. The molecule has 1 rings (SSSR count). The molecule has 1 aliphatic rings. The van der Waals surface area contributed by atoms with Crippen LogP contribution < -0.4 is 5.32 Å². The summed E-state index contributed by atoms with van der Waals surface area (Å²) in [5, 5.41) is 3.60. The minimum absolute atomic E-state index is 0.499. The van der Waals surface area contributed by atoms with E-state index in [1.807, 2.05) is 0 Å². The minimum atomic E-state index is 0.499. The highest BCUT2D eigenvalue weighted by atomic mass is 16.5. The van der Waals surface area contributed by atoms with Gasteiger partial charge in [0.15, 0.2) is 0 Å². The van der Waals surface area contributed by atoms with Crippen LogP contribution in [0.1, 0.15) is 52.4 Å². The van der Waals surface area contributed by atoms with E-state index in [0.29, 0.717) is 6.10 Å². The van der Waals surface area contributed by atoms with E-state index >= 15 is 0 Å². The van der Waals surface area contributed by atoms with Crippen LogP contribution >= 0.6 is 0 Å². The van der Waals surface area contributed by atoms with Crippen molar-refractivity contribution in [2.24, 2.45) is 0 Å². The lowest BCUT2D eigenvalue weighted by atomic mass is 9.93. The first-order valence-electron chi connectivity index (χ1n) is 6.71. The Balaban J connectivity index is 2.05. The molecule has 94 valence electrons. The molecule has 0 aliphatic heterocycles. The molecule has 0 bridgehead atoms. The number of hydrogen-bond acceptors (Lipinski definition) is 2. The van der Waals surface area contributed by atoms with Crippen molar-refractivity contribution in [2.75, 3.05) is 13.2 Å². The summed E-state index contributed by atoms with van der Waals surface area (Å²) >= 11 is 0. The normalized spacial score (nSPS) is 25.6. The molecule has 0 unspecified atom stereocenters. The van der Waals surface area contributed by atoms with Crippen LogP contribution in [0.4, 0.5) is 0 Å². The Morgan fingerprint density at radius 2 is 2.00 bits per heavy atom.